The fraction of sp³-hybridized carbons (Fsp3) is 0.208. The van der Waals surface area contributed by atoms with Crippen LogP contribution in [0.2, 0.25) is 0 Å². The second-order valence-electron chi connectivity index (χ2n) is 14.5. The van der Waals surface area contributed by atoms with Crippen molar-refractivity contribution in [2.45, 2.75) is 66.5 Å². The third-order valence-electron chi connectivity index (χ3n) is 12.2. The van der Waals surface area contributed by atoms with Gasteiger partial charge in [-0.3, -0.25) is 0 Å². The molecule has 0 saturated heterocycles. The molecule has 6 aromatic rings. The lowest BCUT2D eigenvalue weighted by Crippen LogP contribution is -2.39. The third kappa shape index (κ3) is 3.67. The van der Waals surface area contributed by atoms with Gasteiger partial charge in [-0.2, -0.15) is 0 Å². The highest BCUT2D eigenvalue weighted by molar-refractivity contribution is 6.31. The molecular formula is C48H44N4. The smallest absolute Gasteiger partial charge is 0.117 e. The molecule has 4 aliphatic rings. The van der Waals surface area contributed by atoms with Crippen LogP contribution in [0.3, 0.4) is 0 Å². The van der Waals surface area contributed by atoms with Crippen molar-refractivity contribution in [3.63, 3.8) is 0 Å². The van der Waals surface area contributed by atoms with Crippen molar-refractivity contribution in [2.75, 3.05) is 0 Å². The van der Waals surface area contributed by atoms with E-state index in [1.54, 1.807) is 0 Å². The Bertz CT molecular complexity index is 2670. The Morgan fingerprint density at radius 1 is 0.462 bits per heavy atom. The molecule has 52 heavy (non-hydrogen) atoms. The lowest BCUT2D eigenvalue weighted by Gasteiger charge is -2.29. The number of fused-ring (bicyclic) bond motifs is 14. The Hall–Kier alpha value is -5.74. The molecule has 0 N–H and O–H groups in total. The molecule has 0 saturated carbocycles. The van der Waals surface area contributed by atoms with E-state index < -0.39 is 0 Å². The Labute approximate surface area is 306 Å². The zero-order valence-electron chi connectivity index (χ0n) is 30.8. The SMILES string of the molecule is [CH2-][N+]1=C2C(CC)=c3c4ccccc4c4n3C(C)n3c(c5ccccc5c3C(CC)=C3c5ccccc5C(=[N+]3[CH2-])C=4CC)C(CC)=C1c1ccccc12. The van der Waals surface area contributed by atoms with E-state index in [0.29, 0.717) is 0 Å². The first-order valence-electron chi connectivity index (χ1n) is 19.1. The topological polar surface area (TPSA) is 15.9 Å². The van der Waals surface area contributed by atoms with Gasteiger partial charge in [-0.05, 0) is 77.2 Å². The van der Waals surface area contributed by atoms with Gasteiger partial charge in [0.15, 0.2) is 0 Å². The van der Waals surface area contributed by atoms with Crippen molar-refractivity contribution in [1.29, 1.82) is 0 Å². The van der Waals surface area contributed by atoms with Crippen LogP contribution in [0.4, 0.5) is 0 Å². The van der Waals surface area contributed by atoms with E-state index in [9.17, 15) is 0 Å². The summed E-state index contributed by atoms with van der Waals surface area (Å²) in [4.78, 5) is 0. The van der Waals surface area contributed by atoms with E-state index >= 15 is 0 Å². The summed E-state index contributed by atoms with van der Waals surface area (Å²) in [6.45, 7) is 11.7. The zero-order valence-corrected chi connectivity index (χ0v) is 30.8. The van der Waals surface area contributed by atoms with Gasteiger partial charge in [0.25, 0.3) is 0 Å². The maximum atomic E-state index is 4.91. The first-order chi connectivity index (χ1) is 25.5. The van der Waals surface area contributed by atoms with Crippen molar-refractivity contribution < 1.29 is 9.15 Å². The van der Waals surface area contributed by atoms with Crippen molar-refractivity contribution in [3.05, 3.63) is 155 Å². The minimum absolute atomic E-state index is 0.0545. The number of hydrogen-bond donors (Lipinski definition) is 0. The number of aromatic nitrogens is 2. The van der Waals surface area contributed by atoms with Gasteiger partial charge in [-0.1, -0.05) is 125 Å². The van der Waals surface area contributed by atoms with E-state index in [0.717, 1.165) is 25.7 Å². The van der Waals surface area contributed by atoms with Crippen LogP contribution in [-0.4, -0.2) is 29.7 Å². The van der Waals surface area contributed by atoms with Gasteiger partial charge in [0.1, 0.15) is 29.0 Å². The lowest BCUT2D eigenvalue weighted by molar-refractivity contribution is -0.352. The first-order valence-corrected chi connectivity index (χ1v) is 19.1. The van der Waals surface area contributed by atoms with E-state index in [1.165, 1.54) is 111 Å². The predicted molar refractivity (Wildman–Crippen MR) is 217 cm³/mol. The van der Waals surface area contributed by atoms with Gasteiger partial charge in [0, 0.05) is 57.7 Å². The molecule has 0 aliphatic carbocycles. The molecule has 1 atom stereocenters. The maximum Gasteiger partial charge on any atom is 0.117 e. The summed E-state index contributed by atoms with van der Waals surface area (Å²) in [5.74, 6) is 0. The van der Waals surface area contributed by atoms with E-state index in [1.807, 2.05) is 0 Å². The number of nitrogens with zero attached hydrogens (tertiary/aromatic N) is 4. The Morgan fingerprint density at radius 3 is 1.19 bits per heavy atom. The van der Waals surface area contributed by atoms with Gasteiger partial charge in [0.05, 0.1) is 0 Å². The summed E-state index contributed by atoms with van der Waals surface area (Å²) < 4.78 is 10.0. The molecule has 6 heterocycles. The molecule has 0 spiro atoms. The van der Waals surface area contributed by atoms with E-state index in [-0.39, 0.29) is 6.17 Å². The van der Waals surface area contributed by atoms with Crippen LogP contribution in [0, 0.1) is 14.1 Å². The minimum Gasteiger partial charge on any atom is -0.326 e. The molecule has 256 valence electrons. The molecule has 2 aromatic heterocycles. The van der Waals surface area contributed by atoms with Gasteiger partial charge in [0.2, 0.25) is 0 Å². The zero-order chi connectivity index (χ0) is 35.6. The standard InChI is InChI=1S/C48H44N4/c1-8-29-41-33-20-12-13-21-34(33)42(49(41)6)30(9-2)47-39-26-18-19-27-40(39)48-32(11-4)44-36-23-15-14-22-35(36)43(50(44)7)31(10-3)46-38-25-17-16-24-37(38)45(29)51(46)28(5)52(47)48/h12-28H,6-11H2,1-5H3. The highest BCUT2D eigenvalue weighted by Gasteiger charge is 2.38. The Kier molecular flexibility index (Phi) is 6.64. The highest BCUT2D eigenvalue weighted by atomic mass is 15.2. The van der Waals surface area contributed by atoms with Crippen LogP contribution in [0.15, 0.2) is 97.1 Å². The fourth-order valence-corrected chi connectivity index (χ4v) is 10.3. The van der Waals surface area contributed by atoms with Gasteiger partial charge in [-0.15, -0.1) is 0 Å². The van der Waals surface area contributed by atoms with Gasteiger partial charge in [-0.25, -0.2) is 0 Å². The third-order valence-corrected chi connectivity index (χ3v) is 12.2. The normalized spacial score (nSPS) is 17.6. The molecular weight excluding hydrogens is 633 g/mol. The maximum absolute atomic E-state index is 4.91. The summed E-state index contributed by atoms with van der Waals surface area (Å²) in [6.07, 6.45) is 3.41. The lowest BCUT2D eigenvalue weighted by atomic mass is 9.94. The average molecular weight is 677 g/mol. The second kappa shape index (κ2) is 11.1. The average Bonchev–Trinajstić information content (AvgIpc) is 3.87. The van der Waals surface area contributed by atoms with Crippen LogP contribution in [0.5, 0.6) is 0 Å². The number of hydrogen-bond acceptors (Lipinski definition) is 0. The number of benzene rings is 4. The second-order valence-corrected chi connectivity index (χ2v) is 14.5. The van der Waals surface area contributed by atoms with Crippen LogP contribution >= 0.6 is 0 Å². The van der Waals surface area contributed by atoms with Crippen molar-refractivity contribution in [1.82, 2.24) is 9.13 Å². The van der Waals surface area contributed by atoms with Crippen LogP contribution in [-0.2, 0) is 0 Å². The minimum atomic E-state index is -0.0545. The number of rotatable bonds is 4. The van der Waals surface area contributed by atoms with E-state index in [4.69, 9.17) is 14.1 Å². The largest absolute Gasteiger partial charge is 0.326 e. The molecule has 0 radical (unpaired) electrons. The van der Waals surface area contributed by atoms with Crippen LogP contribution < -0.4 is 10.7 Å². The monoisotopic (exact) mass is 676 g/mol. The predicted octanol–water partition coefficient (Wildman–Crippen LogP) is 9.58. The molecule has 4 aliphatic heterocycles. The summed E-state index contributed by atoms with van der Waals surface area (Å²) in [5, 5.41) is 7.70. The summed E-state index contributed by atoms with van der Waals surface area (Å²) in [6, 6.07) is 36.2. The quantitative estimate of drug-likeness (QED) is 0.131. The van der Waals surface area contributed by atoms with Crippen LogP contribution in [0.25, 0.3) is 55.2 Å². The molecule has 4 heteroatoms. The van der Waals surface area contributed by atoms with Crippen molar-refractivity contribution in [3.8, 4) is 0 Å². The number of allylic oxidation sites excluding steroid dienone is 2. The molecule has 4 aromatic carbocycles. The van der Waals surface area contributed by atoms with Gasteiger partial charge < -0.3 is 18.3 Å². The highest BCUT2D eigenvalue weighted by Crippen LogP contribution is 2.48. The Morgan fingerprint density at radius 2 is 0.808 bits per heavy atom. The van der Waals surface area contributed by atoms with Crippen molar-refractivity contribution >= 4 is 66.7 Å². The Balaban J connectivity index is 1.62. The van der Waals surface area contributed by atoms with Crippen LogP contribution in [0.1, 0.15) is 100 Å². The molecule has 0 amide bonds. The molecule has 0 fully saturated rings. The van der Waals surface area contributed by atoms with Gasteiger partial charge >= 0.3 is 0 Å². The van der Waals surface area contributed by atoms with E-state index in [2.05, 4.69) is 150 Å². The summed E-state index contributed by atoms with van der Waals surface area (Å²) in [5.41, 5.74) is 17.8. The summed E-state index contributed by atoms with van der Waals surface area (Å²) in [7, 11) is 9.82. The fourth-order valence-electron chi connectivity index (χ4n) is 10.3. The van der Waals surface area contributed by atoms with Crippen molar-refractivity contribution in [2.24, 2.45) is 0 Å². The summed E-state index contributed by atoms with van der Waals surface area (Å²) >= 11 is 0. The molecule has 4 nitrogen and oxygen atoms in total. The molecule has 10 rings (SSSR count). The molecule has 1 unspecified atom stereocenters. The first kappa shape index (κ1) is 31.0. The molecule has 6 bridgehead atoms.